The number of thiophene rings is 1. The van der Waals surface area contributed by atoms with E-state index >= 15 is 0 Å². The predicted octanol–water partition coefficient (Wildman–Crippen LogP) is 4.08. The summed E-state index contributed by atoms with van der Waals surface area (Å²) in [5, 5.41) is 12.1. The molecule has 0 aliphatic rings. The summed E-state index contributed by atoms with van der Waals surface area (Å²) in [4.78, 5) is 20.9. The quantitative estimate of drug-likeness (QED) is 0.460. The molecule has 1 aromatic carbocycles. The number of anilines is 1. The summed E-state index contributed by atoms with van der Waals surface area (Å²) in [6, 6.07) is 13.7. The Morgan fingerprint density at radius 3 is 2.79 bits per heavy atom. The number of para-hydroxylation sites is 2. The largest absolute Gasteiger partial charge is 0.309 e. The summed E-state index contributed by atoms with van der Waals surface area (Å²) in [6.45, 7) is 7.93. The van der Waals surface area contributed by atoms with E-state index in [1.54, 1.807) is 17.4 Å². The maximum Gasteiger partial charge on any atom is 0.278 e. The number of hydrogen-bond acceptors (Lipinski definition) is 5. The summed E-state index contributed by atoms with van der Waals surface area (Å²) in [5.41, 5.74) is 3.05. The normalized spacial score (nSPS) is 11.4. The van der Waals surface area contributed by atoms with Crippen molar-refractivity contribution in [2.24, 2.45) is 0 Å². The van der Waals surface area contributed by atoms with Gasteiger partial charge in [-0.15, -0.1) is 11.3 Å². The molecule has 1 amide bonds. The number of H-pyrrole nitrogens is 1. The number of fused-ring (bicyclic) bond motifs is 1. The fraction of sp³-hybridized carbons (Fsp3) is 0.286. The van der Waals surface area contributed by atoms with Crippen LogP contribution < -0.4 is 5.32 Å². The highest BCUT2D eigenvalue weighted by atomic mass is 32.1. The van der Waals surface area contributed by atoms with Crippen LogP contribution in [0.25, 0.3) is 21.6 Å². The summed E-state index contributed by atoms with van der Waals surface area (Å²) in [5.74, 6) is 0.271. The molecule has 7 nitrogen and oxygen atoms in total. The first-order valence-corrected chi connectivity index (χ1v) is 10.7. The number of likely N-dealkylation sites (N-methyl/N-ethyl adjacent to an activating group) is 1. The van der Waals surface area contributed by atoms with E-state index in [1.807, 2.05) is 41.8 Å². The van der Waals surface area contributed by atoms with Crippen LogP contribution >= 0.6 is 11.3 Å². The van der Waals surface area contributed by atoms with Crippen LogP contribution in [0.1, 0.15) is 24.3 Å². The van der Waals surface area contributed by atoms with E-state index < -0.39 is 0 Å². The molecule has 0 fully saturated rings. The molecule has 4 rings (SSSR count). The van der Waals surface area contributed by atoms with Gasteiger partial charge in [-0.1, -0.05) is 32.0 Å². The number of imidazole rings is 1. The Morgan fingerprint density at radius 1 is 1.21 bits per heavy atom. The van der Waals surface area contributed by atoms with Gasteiger partial charge in [-0.25, -0.2) is 4.98 Å². The van der Waals surface area contributed by atoms with Crippen molar-refractivity contribution in [2.45, 2.75) is 20.4 Å². The molecular formula is C21H24N6OS. The fourth-order valence-corrected chi connectivity index (χ4v) is 4.03. The Bertz CT molecular complexity index is 1090. The Kier molecular flexibility index (Phi) is 5.73. The van der Waals surface area contributed by atoms with Crippen LogP contribution in [0.3, 0.4) is 0 Å². The molecule has 0 saturated carbocycles. The number of benzene rings is 1. The molecule has 0 radical (unpaired) electrons. The highest BCUT2D eigenvalue weighted by Crippen LogP contribution is 2.24. The summed E-state index contributed by atoms with van der Waals surface area (Å²) < 4.78 is 2.07. The number of nitrogens with one attached hydrogen (secondary N) is 2. The lowest BCUT2D eigenvalue weighted by molar-refractivity contribution is 0.102. The lowest BCUT2D eigenvalue weighted by Gasteiger charge is -2.19. The number of aromatic amines is 1. The Morgan fingerprint density at radius 2 is 2.03 bits per heavy atom. The molecule has 3 heterocycles. The average Bonchev–Trinajstić information content (AvgIpc) is 3.48. The van der Waals surface area contributed by atoms with E-state index in [2.05, 4.69) is 43.8 Å². The zero-order valence-electron chi connectivity index (χ0n) is 16.6. The second-order valence-corrected chi connectivity index (χ2v) is 7.65. The van der Waals surface area contributed by atoms with E-state index in [0.29, 0.717) is 11.6 Å². The van der Waals surface area contributed by atoms with Crippen molar-refractivity contribution >= 4 is 34.2 Å². The molecule has 150 valence electrons. The molecule has 0 aliphatic carbocycles. The number of aromatic nitrogens is 4. The summed E-state index contributed by atoms with van der Waals surface area (Å²) >= 11 is 1.60. The SMILES string of the molecule is CCN(CC)CCn1c(NC(=O)c2cc(-c3cccs3)[nH]n2)nc2ccccc21. The Hall–Kier alpha value is -2.97. The summed E-state index contributed by atoms with van der Waals surface area (Å²) in [6.07, 6.45) is 0. The van der Waals surface area contributed by atoms with Gasteiger partial charge in [0.15, 0.2) is 5.69 Å². The van der Waals surface area contributed by atoms with Crippen LogP contribution in [0, 0.1) is 0 Å². The molecule has 0 aliphatic heterocycles. The van der Waals surface area contributed by atoms with Crippen molar-refractivity contribution in [3.8, 4) is 10.6 Å². The third-order valence-electron chi connectivity index (χ3n) is 5.01. The molecule has 0 unspecified atom stereocenters. The van der Waals surface area contributed by atoms with Gasteiger partial charge >= 0.3 is 0 Å². The van der Waals surface area contributed by atoms with E-state index in [1.165, 1.54) is 0 Å². The van der Waals surface area contributed by atoms with Crippen molar-refractivity contribution in [1.29, 1.82) is 0 Å². The second kappa shape index (κ2) is 8.59. The van der Waals surface area contributed by atoms with Crippen LogP contribution in [0.2, 0.25) is 0 Å². The third kappa shape index (κ3) is 4.08. The summed E-state index contributed by atoms with van der Waals surface area (Å²) in [7, 11) is 0. The van der Waals surface area contributed by atoms with Crippen molar-refractivity contribution in [3.63, 3.8) is 0 Å². The first-order valence-electron chi connectivity index (χ1n) is 9.77. The molecule has 2 N–H and O–H groups in total. The standard InChI is InChI=1S/C21H24N6OS/c1-3-26(4-2)11-12-27-18-9-6-5-8-15(18)22-21(27)23-20(28)17-14-16(24-25-17)19-10-7-13-29-19/h5-10,13-14H,3-4,11-12H2,1-2H3,(H,24,25)(H,22,23,28). The van der Waals surface area contributed by atoms with Gasteiger partial charge in [0.05, 0.1) is 21.6 Å². The molecule has 0 saturated heterocycles. The van der Waals surface area contributed by atoms with Gasteiger partial charge in [0, 0.05) is 13.1 Å². The Balaban J connectivity index is 1.58. The van der Waals surface area contributed by atoms with Crippen molar-refractivity contribution in [1.82, 2.24) is 24.6 Å². The van der Waals surface area contributed by atoms with E-state index in [-0.39, 0.29) is 5.91 Å². The number of carbonyl (C=O) groups is 1. The van der Waals surface area contributed by atoms with Gasteiger partial charge in [0.25, 0.3) is 5.91 Å². The van der Waals surface area contributed by atoms with Gasteiger partial charge in [-0.3, -0.25) is 15.2 Å². The zero-order chi connectivity index (χ0) is 20.2. The van der Waals surface area contributed by atoms with Crippen LogP contribution in [0.4, 0.5) is 5.95 Å². The minimum Gasteiger partial charge on any atom is -0.309 e. The Labute approximate surface area is 173 Å². The van der Waals surface area contributed by atoms with E-state index in [0.717, 1.165) is 47.8 Å². The maximum absolute atomic E-state index is 12.8. The number of rotatable bonds is 8. The highest BCUT2D eigenvalue weighted by Gasteiger charge is 2.17. The van der Waals surface area contributed by atoms with Crippen molar-refractivity contribution in [3.05, 3.63) is 53.5 Å². The average molecular weight is 409 g/mol. The monoisotopic (exact) mass is 408 g/mol. The van der Waals surface area contributed by atoms with Crippen LogP contribution in [-0.2, 0) is 6.54 Å². The van der Waals surface area contributed by atoms with Gasteiger partial charge < -0.3 is 9.47 Å². The minimum absolute atomic E-state index is 0.275. The predicted molar refractivity (Wildman–Crippen MR) is 117 cm³/mol. The highest BCUT2D eigenvalue weighted by molar-refractivity contribution is 7.13. The lowest BCUT2D eigenvalue weighted by Crippen LogP contribution is -2.27. The molecule has 8 heteroatoms. The van der Waals surface area contributed by atoms with Gasteiger partial charge in [-0.2, -0.15) is 5.10 Å². The maximum atomic E-state index is 12.8. The van der Waals surface area contributed by atoms with Gasteiger partial charge in [0.1, 0.15) is 0 Å². The first kappa shape index (κ1) is 19.4. The van der Waals surface area contributed by atoms with Gasteiger partial charge in [-0.05, 0) is 42.7 Å². The topological polar surface area (TPSA) is 78.8 Å². The lowest BCUT2D eigenvalue weighted by atomic mass is 10.3. The van der Waals surface area contributed by atoms with Gasteiger partial charge in [0.2, 0.25) is 5.95 Å². The molecule has 0 atom stereocenters. The first-order chi connectivity index (χ1) is 14.2. The third-order valence-corrected chi connectivity index (χ3v) is 5.91. The van der Waals surface area contributed by atoms with E-state index in [9.17, 15) is 4.79 Å². The molecule has 29 heavy (non-hydrogen) atoms. The smallest absolute Gasteiger partial charge is 0.278 e. The number of amides is 1. The molecule has 3 aromatic heterocycles. The van der Waals surface area contributed by atoms with Crippen molar-refractivity contribution in [2.75, 3.05) is 25.0 Å². The zero-order valence-corrected chi connectivity index (χ0v) is 17.4. The fourth-order valence-electron chi connectivity index (χ4n) is 3.34. The van der Waals surface area contributed by atoms with Crippen LogP contribution in [-0.4, -0.2) is 50.2 Å². The molecule has 4 aromatic rings. The van der Waals surface area contributed by atoms with Crippen molar-refractivity contribution < 1.29 is 4.79 Å². The molecule has 0 spiro atoms. The molecular weight excluding hydrogens is 384 g/mol. The number of hydrogen-bond donors (Lipinski definition) is 2. The number of nitrogens with zero attached hydrogens (tertiary/aromatic N) is 4. The van der Waals surface area contributed by atoms with E-state index in [4.69, 9.17) is 0 Å². The number of carbonyl (C=O) groups excluding carboxylic acids is 1. The minimum atomic E-state index is -0.275. The second-order valence-electron chi connectivity index (χ2n) is 6.70. The molecule has 0 bridgehead atoms. The van der Waals surface area contributed by atoms with Crippen LogP contribution in [0.5, 0.6) is 0 Å². The van der Waals surface area contributed by atoms with Crippen LogP contribution in [0.15, 0.2) is 47.8 Å².